The van der Waals surface area contributed by atoms with Gasteiger partial charge in [-0.1, -0.05) is 45.7 Å². The summed E-state index contributed by atoms with van der Waals surface area (Å²) in [5.74, 6) is -0.217. The number of benzene rings is 4. The lowest BCUT2D eigenvalue weighted by atomic mass is 10.2. The van der Waals surface area contributed by atoms with E-state index in [1.54, 1.807) is 48.5 Å². The number of hydrogen-bond donors (Lipinski definition) is 1. The zero-order valence-corrected chi connectivity index (χ0v) is 25.8. The second-order valence-electron chi connectivity index (χ2n) is 9.26. The minimum atomic E-state index is -0.510. The van der Waals surface area contributed by atoms with Gasteiger partial charge in [0.2, 0.25) is 5.82 Å². The van der Waals surface area contributed by atoms with Gasteiger partial charge in [-0.3, -0.25) is 9.59 Å². The topological polar surface area (TPSA) is 98.7 Å². The number of nitrogens with one attached hydrogen (secondary N) is 1. The third-order valence-electron chi connectivity index (χ3n) is 6.26. The quantitative estimate of drug-likeness (QED) is 0.168. The van der Waals surface area contributed by atoms with Crippen molar-refractivity contribution >= 4 is 83.1 Å². The number of anilines is 1. The molecule has 1 N–H and O–H groups in total. The summed E-state index contributed by atoms with van der Waals surface area (Å²) in [6, 6.07) is 23.0. The summed E-state index contributed by atoms with van der Waals surface area (Å²) in [5.41, 5.74) is 1.34. The minimum absolute atomic E-state index is 0.185. The van der Waals surface area contributed by atoms with Crippen LogP contribution in [0.25, 0.3) is 33.5 Å². The van der Waals surface area contributed by atoms with Crippen LogP contribution in [0.2, 0.25) is 5.02 Å². The summed E-state index contributed by atoms with van der Waals surface area (Å²) >= 11 is 13.2. The molecule has 0 saturated carbocycles. The van der Waals surface area contributed by atoms with E-state index in [1.165, 1.54) is 24.4 Å². The van der Waals surface area contributed by atoms with Crippen LogP contribution in [-0.4, -0.2) is 28.4 Å². The molecule has 6 aromatic rings. The maximum absolute atomic E-state index is 13.7. The lowest BCUT2D eigenvalue weighted by Gasteiger charge is -2.12. The Labute approximate surface area is 265 Å². The van der Waals surface area contributed by atoms with Crippen LogP contribution in [0.3, 0.4) is 0 Å². The van der Waals surface area contributed by atoms with E-state index in [-0.39, 0.29) is 11.6 Å². The summed E-state index contributed by atoms with van der Waals surface area (Å²) in [6.45, 7) is -0.394. The number of halogens is 4. The molecule has 43 heavy (non-hydrogen) atoms. The summed E-state index contributed by atoms with van der Waals surface area (Å²) in [4.78, 5) is 30.9. The van der Waals surface area contributed by atoms with E-state index in [4.69, 9.17) is 25.7 Å². The number of hydrogen-bond acceptors (Lipinski definition) is 6. The molecule has 0 saturated heterocycles. The maximum atomic E-state index is 13.7. The van der Waals surface area contributed by atoms with Crippen LogP contribution in [0.4, 0.5) is 10.1 Å². The van der Waals surface area contributed by atoms with Crippen molar-refractivity contribution in [3.63, 3.8) is 0 Å². The molecule has 2 aromatic heterocycles. The Kier molecular flexibility index (Phi) is 8.11. The second-order valence-corrected chi connectivity index (χ2v) is 11.5. The van der Waals surface area contributed by atoms with Gasteiger partial charge in [-0.25, -0.2) is 9.37 Å². The first-order chi connectivity index (χ1) is 20.7. The Hall–Kier alpha value is -4.32. The fourth-order valence-electron chi connectivity index (χ4n) is 4.36. The van der Waals surface area contributed by atoms with Crippen LogP contribution in [0, 0.1) is 5.82 Å². The molecule has 214 valence electrons. The molecule has 0 aliphatic carbocycles. The molecule has 0 spiro atoms. The van der Waals surface area contributed by atoms with E-state index in [9.17, 15) is 14.0 Å². The predicted molar refractivity (Wildman–Crippen MR) is 172 cm³/mol. The fraction of sp³-hybridized carbons (Fsp3) is 0.0323. The smallest absolute Gasteiger partial charge is 0.282 e. The van der Waals surface area contributed by atoms with Gasteiger partial charge in [0.1, 0.15) is 17.1 Å². The van der Waals surface area contributed by atoms with E-state index < -0.39 is 23.9 Å². The van der Waals surface area contributed by atoms with E-state index in [0.29, 0.717) is 43.0 Å². The van der Waals surface area contributed by atoms with Crippen LogP contribution >= 0.6 is 43.5 Å². The Morgan fingerprint density at radius 3 is 2.74 bits per heavy atom. The molecule has 0 fully saturated rings. The van der Waals surface area contributed by atoms with Crippen molar-refractivity contribution in [2.45, 2.75) is 0 Å². The van der Waals surface area contributed by atoms with Crippen molar-refractivity contribution in [3.05, 3.63) is 121 Å². The van der Waals surface area contributed by atoms with Crippen LogP contribution in [0.1, 0.15) is 5.56 Å². The first-order valence-corrected chi connectivity index (χ1v) is 14.6. The number of carbonyl (C=O) groups is 1. The Balaban J connectivity index is 1.38. The van der Waals surface area contributed by atoms with Gasteiger partial charge in [-0.05, 0) is 82.7 Å². The molecular formula is C31H18Br2ClFN4O4. The highest BCUT2D eigenvalue weighted by Crippen LogP contribution is 2.33. The Morgan fingerprint density at radius 2 is 1.91 bits per heavy atom. The first kappa shape index (κ1) is 28.8. The fourth-order valence-corrected chi connectivity index (χ4v) is 5.69. The molecule has 0 aliphatic heterocycles. The van der Waals surface area contributed by atoms with E-state index >= 15 is 0 Å². The van der Waals surface area contributed by atoms with Crippen LogP contribution in [0.15, 0.2) is 108 Å². The monoisotopic (exact) mass is 722 g/mol. The van der Waals surface area contributed by atoms with Gasteiger partial charge in [0.25, 0.3) is 11.5 Å². The van der Waals surface area contributed by atoms with E-state index in [2.05, 4.69) is 42.3 Å². The lowest BCUT2D eigenvalue weighted by molar-refractivity contribution is -0.118. The number of furan rings is 1. The minimum Gasteiger partial charge on any atom is -0.482 e. The number of ether oxygens (including phenoxy) is 1. The van der Waals surface area contributed by atoms with Crippen molar-refractivity contribution in [3.8, 4) is 17.3 Å². The van der Waals surface area contributed by atoms with Crippen LogP contribution in [-0.2, 0) is 4.79 Å². The van der Waals surface area contributed by atoms with Crippen molar-refractivity contribution in [1.82, 2.24) is 9.66 Å². The summed E-state index contributed by atoms with van der Waals surface area (Å²) in [5, 5.41) is 8.60. The first-order valence-electron chi connectivity index (χ1n) is 12.7. The van der Waals surface area contributed by atoms with Gasteiger partial charge in [-0.15, -0.1) is 0 Å². The average Bonchev–Trinajstić information content (AvgIpc) is 3.39. The molecule has 4 aromatic carbocycles. The van der Waals surface area contributed by atoms with Gasteiger partial charge in [0.15, 0.2) is 12.4 Å². The number of carbonyl (C=O) groups excluding carboxylic acids is 1. The standard InChI is InChI=1S/C31H18Br2ClFN4O4/c32-19-8-9-26-17(10-19)12-27(43-26)30-38-25-7-2-1-6-23(25)31(41)39(30)36-15-18-11-20(34)13-24(33)29(18)42-16-28(40)37-22-5-3-4-21(35)14-22/h1-15H,16H2,(H,37,40). The molecule has 1 amide bonds. The van der Waals surface area contributed by atoms with Crippen LogP contribution in [0.5, 0.6) is 5.75 Å². The van der Waals surface area contributed by atoms with Gasteiger partial charge < -0.3 is 14.5 Å². The highest BCUT2D eigenvalue weighted by Gasteiger charge is 2.18. The molecule has 6 rings (SSSR count). The predicted octanol–water partition coefficient (Wildman–Crippen LogP) is 8.03. The number of para-hydroxylation sites is 1. The lowest BCUT2D eigenvalue weighted by Crippen LogP contribution is -2.21. The average molecular weight is 725 g/mol. The molecule has 0 unspecified atom stereocenters. The second kappa shape index (κ2) is 12.1. The number of rotatable bonds is 7. The normalized spacial score (nSPS) is 11.4. The molecule has 0 bridgehead atoms. The number of amides is 1. The maximum Gasteiger partial charge on any atom is 0.282 e. The molecule has 2 heterocycles. The number of aromatic nitrogens is 2. The van der Waals surface area contributed by atoms with Gasteiger partial charge in [0, 0.05) is 26.1 Å². The summed E-state index contributed by atoms with van der Waals surface area (Å²) < 4.78 is 27.8. The molecule has 0 atom stereocenters. The summed E-state index contributed by atoms with van der Waals surface area (Å²) in [6.07, 6.45) is 1.39. The van der Waals surface area contributed by atoms with Crippen molar-refractivity contribution in [1.29, 1.82) is 0 Å². The zero-order valence-electron chi connectivity index (χ0n) is 21.9. The molecular weight excluding hydrogens is 707 g/mol. The van der Waals surface area contributed by atoms with Gasteiger partial charge >= 0.3 is 0 Å². The van der Waals surface area contributed by atoms with Crippen molar-refractivity contribution < 1.29 is 18.3 Å². The SMILES string of the molecule is O=C(COc1c(Br)cc(Cl)cc1C=Nn1c(-c2cc3cc(Br)ccc3o2)nc2ccccc2c1=O)Nc1cccc(F)c1. The molecule has 0 aliphatic rings. The van der Waals surface area contributed by atoms with Crippen LogP contribution < -0.4 is 15.6 Å². The van der Waals surface area contributed by atoms with E-state index in [0.717, 1.165) is 14.5 Å². The highest BCUT2D eigenvalue weighted by atomic mass is 79.9. The number of fused-ring (bicyclic) bond motifs is 2. The van der Waals surface area contributed by atoms with Crippen molar-refractivity contribution in [2.24, 2.45) is 5.10 Å². The van der Waals surface area contributed by atoms with Gasteiger partial charge in [-0.2, -0.15) is 9.78 Å². The largest absolute Gasteiger partial charge is 0.482 e. The van der Waals surface area contributed by atoms with E-state index in [1.807, 2.05) is 18.2 Å². The third-order valence-corrected chi connectivity index (χ3v) is 7.56. The molecule has 8 nitrogen and oxygen atoms in total. The Bertz CT molecular complexity index is 2130. The summed E-state index contributed by atoms with van der Waals surface area (Å²) in [7, 11) is 0. The molecule has 0 radical (unpaired) electrons. The Morgan fingerprint density at radius 1 is 1.07 bits per heavy atom. The third kappa shape index (κ3) is 6.24. The zero-order chi connectivity index (χ0) is 30.1. The van der Waals surface area contributed by atoms with Gasteiger partial charge in [0.05, 0.1) is 21.6 Å². The van der Waals surface area contributed by atoms with Crippen molar-refractivity contribution in [2.75, 3.05) is 11.9 Å². The number of nitrogens with zero attached hydrogens (tertiary/aromatic N) is 3. The molecule has 12 heteroatoms. The highest BCUT2D eigenvalue weighted by molar-refractivity contribution is 9.10.